The van der Waals surface area contributed by atoms with Crippen LogP contribution in [0.4, 0.5) is 0 Å². The number of fused-ring (bicyclic) bond motifs is 5. The molecule has 3 aromatic rings. The average molecular weight is 946 g/mol. The predicted molar refractivity (Wildman–Crippen MR) is 290 cm³/mol. The summed E-state index contributed by atoms with van der Waals surface area (Å²) in [5.41, 5.74) is 4.71. The SMILES string of the molecule is CCCCCCCCN(CCCC(C)[C@H]1CC[C@H]2C3[C@H](OCCCN(Cc4ccccc4)Cc4ccccc4)CC4C[C@H](OCCCC)CC[C@]4(C)[C@H]3C[C@H](OCCCC)[C@]12C)Cc1ccccc1. The van der Waals surface area contributed by atoms with Gasteiger partial charge in [-0.2, -0.15) is 0 Å². The summed E-state index contributed by atoms with van der Waals surface area (Å²) < 4.78 is 21.5. The minimum absolute atomic E-state index is 0.171. The molecule has 69 heavy (non-hydrogen) atoms. The van der Waals surface area contributed by atoms with E-state index in [0.29, 0.717) is 59.2 Å². The first-order valence-electron chi connectivity index (χ1n) is 29.2. The zero-order chi connectivity index (χ0) is 48.3. The van der Waals surface area contributed by atoms with Gasteiger partial charge in [0.1, 0.15) is 0 Å². The summed E-state index contributed by atoms with van der Waals surface area (Å²) in [4.78, 5) is 5.43. The first kappa shape index (κ1) is 54.2. The van der Waals surface area contributed by atoms with E-state index in [-0.39, 0.29) is 5.41 Å². The van der Waals surface area contributed by atoms with Crippen LogP contribution in [0.15, 0.2) is 91.0 Å². The molecule has 5 heteroatoms. The van der Waals surface area contributed by atoms with E-state index in [2.05, 4.69) is 142 Å². The van der Waals surface area contributed by atoms with Crippen LogP contribution < -0.4 is 0 Å². The van der Waals surface area contributed by atoms with E-state index in [1.54, 1.807) is 0 Å². The molecule has 5 nitrogen and oxygen atoms in total. The summed E-state index contributed by atoms with van der Waals surface area (Å²) in [5.74, 6) is 3.90. The molecular weight excluding hydrogens is 845 g/mol. The standard InChI is InChI=1S/C64H100N2O3/c1-7-10-13-14-15-25-39-65(48-52-29-19-16-20-30-52)40-26-28-51(4)57-35-36-58-62-59(47-61(64(57,58)6)69-43-12-9-3)63(5)38-37-56(67-42-11-8-2)45-55(63)46-60(62)68-44-27-41-66(49-53-31-21-17-22-32-53)50-54-33-23-18-24-34-54/h16-24,29-34,51,55-62H,7-15,25-28,35-50H2,1-6H3/t51?,55?,56-,57-,58+,59+,60-,61+,62?,63+,64-/m1/s1. The Bertz CT molecular complexity index is 1780. The second kappa shape index (κ2) is 28.1. The van der Waals surface area contributed by atoms with Gasteiger partial charge in [-0.15, -0.1) is 0 Å². The molecule has 4 aliphatic carbocycles. The lowest BCUT2D eigenvalue weighted by atomic mass is 9.43. The van der Waals surface area contributed by atoms with Crippen molar-refractivity contribution in [1.82, 2.24) is 9.80 Å². The number of hydrogen-bond acceptors (Lipinski definition) is 5. The Morgan fingerprint density at radius 2 is 1.09 bits per heavy atom. The zero-order valence-electron chi connectivity index (χ0n) is 45.0. The number of nitrogens with zero attached hydrogens (tertiary/aromatic N) is 2. The Labute approximate surface area is 423 Å². The van der Waals surface area contributed by atoms with Crippen LogP contribution in [0.3, 0.4) is 0 Å². The Balaban J connectivity index is 1.07. The molecule has 0 bridgehead atoms. The summed E-state index contributed by atoms with van der Waals surface area (Å²) in [6.07, 6.45) is 26.4. The van der Waals surface area contributed by atoms with Gasteiger partial charge in [-0.25, -0.2) is 0 Å². The van der Waals surface area contributed by atoms with Gasteiger partial charge < -0.3 is 14.2 Å². The Hall–Kier alpha value is -2.54. The quantitative estimate of drug-likeness (QED) is 0.0601. The van der Waals surface area contributed by atoms with E-state index in [1.807, 2.05) is 0 Å². The van der Waals surface area contributed by atoms with Gasteiger partial charge in [0.25, 0.3) is 0 Å². The van der Waals surface area contributed by atoms with Crippen LogP contribution in [0, 0.1) is 46.3 Å². The van der Waals surface area contributed by atoms with Crippen molar-refractivity contribution in [2.24, 2.45) is 46.3 Å². The monoisotopic (exact) mass is 945 g/mol. The highest BCUT2D eigenvalue weighted by Gasteiger charge is 2.66. The smallest absolute Gasteiger partial charge is 0.0637 e. The van der Waals surface area contributed by atoms with Crippen LogP contribution >= 0.6 is 0 Å². The molecule has 0 spiro atoms. The summed E-state index contributed by atoms with van der Waals surface area (Å²) >= 11 is 0. The van der Waals surface area contributed by atoms with Crippen molar-refractivity contribution in [2.45, 2.75) is 208 Å². The summed E-state index contributed by atoms with van der Waals surface area (Å²) in [5, 5.41) is 0. The first-order valence-corrected chi connectivity index (χ1v) is 29.2. The van der Waals surface area contributed by atoms with Crippen LogP contribution in [-0.4, -0.2) is 67.6 Å². The van der Waals surface area contributed by atoms with Gasteiger partial charge in [0.2, 0.25) is 0 Å². The Kier molecular flexibility index (Phi) is 22.1. The normalized spacial score (nSPS) is 29.2. The molecule has 0 aromatic heterocycles. The largest absolute Gasteiger partial charge is 0.378 e. The van der Waals surface area contributed by atoms with Gasteiger partial charge in [-0.05, 0) is 154 Å². The average Bonchev–Trinajstić information content (AvgIpc) is 3.73. The van der Waals surface area contributed by atoms with E-state index >= 15 is 0 Å². The molecule has 3 aromatic carbocycles. The predicted octanol–water partition coefficient (Wildman–Crippen LogP) is 16.0. The zero-order valence-corrected chi connectivity index (χ0v) is 45.0. The van der Waals surface area contributed by atoms with Crippen LogP contribution in [0.1, 0.15) is 187 Å². The number of benzene rings is 3. The summed E-state index contributed by atoms with van der Waals surface area (Å²) in [6.45, 7) is 24.2. The second-order valence-electron chi connectivity index (χ2n) is 23.4. The van der Waals surface area contributed by atoms with Gasteiger partial charge in [-0.3, -0.25) is 9.80 Å². The molecule has 4 fully saturated rings. The lowest BCUT2D eigenvalue weighted by Crippen LogP contribution is -2.63. The second-order valence-corrected chi connectivity index (χ2v) is 23.4. The third-order valence-corrected chi connectivity index (χ3v) is 18.8. The molecule has 7 rings (SSSR count). The summed E-state index contributed by atoms with van der Waals surface area (Å²) in [6, 6.07) is 33.4. The van der Waals surface area contributed by atoms with E-state index in [4.69, 9.17) is 14.2 Å². The Morgan fingerprint density at radius 3 is 1.72 bits per heavy atom. The highest BCUT2D eigenvalue weighted by molar-refractivity contribution is 5.18. The lowest BCUT2D eigenvalue weighted by Gasteiger charge is -2.65. The van der Waals surface area contributed by atoms with Gasteiger partial charge in [-0.1, -0.05) is 177 Å². The van der Waals surface area contributed by atoms with Crippen molar-refractivity contribution in [3.63, 3.8) is 0 Å². The fourth-order valence-electron chi connectivity index (χ4n) is 14.9. The fourth-order valence-corrected chi connectivity index (χ4v) is 14.9. The minimum atomic E-state index is 0.171. The van der Waals surface area contributed by atoms with Crippen LogP contribution in [-0.2, 0) is 33.8 Å². The maximum absolute atomic E-state index is 7.50. The number of ether oxygens (including phenoxy) is 3. The van der Waals surface area contributed by atoms with Crippen LogP contribution in [0.25, 0.3) is 0 Å². The molecule has 0 radical (unpaired) electrons. The topological polar surface area (TPSA) is 34.2 Å². The molecule has 3 unspecified atom stereocenters. The van der Waals surface area contributed by atoms with Crippen LogP contribution in [0.5, 0.6) is 0 Å². The number of unbranched alkanes of at least 4 members (excludes halogenated alkanes) is 7. The molecule has 4 saturated carbocycles. The van der Waals surface area contributed by atoms with E-state index in [1.165, 1.54) is 145 Å². The summed E-state index contributed by atoms with van der Waals surface area (Å²) in [7, 11) is 0. The number of rotatable bonds is 31. The molecule has 0 N–H and O–H groups in total. The van der Waals surface area contributed by atoms with Crippen LogP contribution in [0.2, 0.25) is 0 Å². The molecule has 4 aliphatic rings. The highest BCUT2D eigenvalue weighted by Crippen LogP contribution is 2.69. The van der Waals surface area contributed by atoms with Crippen molar-refractivity contribution in [1.29, 1.82) is 0 Å². The first-order chi connectivity index (χ1) is 33.8. The molecule has 11 atom stereocenters. The minimum Gasteiger partial charge on any atom is -0.378 e. The van der Waals surface area contributed by atoms with Crippen molar-refractivity contribution < 1.29 is 14.2 Å². The molecular formula is C64H100N2O3. The molecule has 384 valence electrons. The molecule has 0 aliphatic heterocycles. The van der Waals surface area contributed by atoms with Crippen molar-refractivity contribution >= 4 is 0 Å². The maximum Gasteiger partial charge on any atom is 0.0637 e. The van der Waals surface area contributed by atoms with Crippen molar-refractivity contribution in [3.05, 3.63) is 108 Å². The van der Waals surface area contributed by atoms with Gasteiger partial charge in [0.15, 0.2) is 0 Å². The molecule has 0 saturated heterocycles. The maximum atomic E-state index is 7.50. The molecule has 0 amide bonds. The van der Waals surface area contributed by atoms with Crippen molar-refractivity contribution in [3.8, 4) is 0 Å². The van der Waals surface area contributed by atoms with E-state index in [9.17, 15) is 0 Å². The number of hydrogen-bond donors (Lipinski definition) is 0. The van der Waals surface area contributed by atoms with Gasteiger partial charge in [0.05, 0.1) is 18.3 Å². The lowest BCUT2D eigenvalue weighted by molar-refractivity contribution is -0.227. The third-order valence-electron chi connectivity index (χ3n) is 18.8. The molecule has 0 heterocycles. The van der Waals surface area contributed by atoms with E-state index in [0.717, 1.165) is 58.8 Å². The van der Waals surface area contributed by atoms with Gasteiger partial charge in [0, 0.05) is 51.4 Å². The van der Waals surface area contributed by atoms with Gasteiger partial charge >= 0.3 is 0 Å². The Morgan fingerprint density at radius 1 is 0.536 bits per heavy atom. The fraction of sp³-hybridized carbons (Fsp3) is 0.719. The third kappa shape index (κ3) is 14.8. The van der Waals surface area contributed by atoms with E-state index < -0.39 is 0 Å². The van der Waals surface area contributed by atoms with Crippen molar-refractivity contribution in [2.75, 3.05) is 39.5 Å². The highest BCUT2D eigenvalue weighted by atomic mass is 16.5.